The highest BCUT2D eigenvalue weighted by Crippen LogP contribution is 2.14. The lowest BCUT2D eigenvalue weighted by Crippen LogP contribution is -2.35. The predicted octanol–water partition coefficient (Wildman–Crippen LogP) is 1.22. The molecule has 0 bridgehead atoms. The topological polar surface area (TPSA) is 109 Å². The van der Waals surface area contributed by atoms with Crippen molar-refractivity contribution >= 4 is 25.8 Å². The molecule has 1 aliphatic rings. The predicted molar refractivity (Wildman–Crippen MR) is 101 cm³/mol. The van der Waals surface area contributed by atoms with Gasteiger partial charge in [-0.3, -0.25) is 4.79 Å². The van der Waals surface area contributed by atoms with E-state index in [0.717, 1.165) is 12.1 Å². The summed E-state index contributed by atoms with van der Waals surface area (Å²) in [5.74, 6) is -0.879. The first-order valence-corrected chi connectivity index (χ1v) is 11.8. The fourth-order valence-corrected chi connectivity index (χ4v) is 5.52. The molecule has 1 atom stereocenters. The Morgan fingerprint density at radius 3 is 2.29 bits per heavy atom. The van der Waals surface area contributed by atoms with E-state index < -0.39 is 25.7 Å². The van der Waals surface area contributed by atoms with E-state index in [0.29, 0.717) is 17.5 Å². The lowest BCUT2D eigenvalue weighted by Gasteiger charge is -2.11. The second-order valence-corrected chi connectivity index (χ2v) is 10.5. The number of hydrogen-bond acceptors (Lipinski definition) is 5. The first kappa shape index (κ1) is 20.4. The normalized spacial score (nSPS) is 18.7. The molecule has 0 aromatic heterocycles. The van der Waals surface area contributed by atoms with Crippen molar-refractivity contribution in [3.8, 4) is 0 Å². The quantitative estimate of drug-likeness (QED) is 0.722. The number of hydrogen-bond donors (Lipinski definition) is 2. The van der Waals surface area contributed by atoms with E-state index in [1.54, 1.807) is 24.3 Å². The number of halogens is 1. The Kier molecular flexibility index (Phi) is 5.82. The number of sulfonamides is 1. The summed E-state index contributed by atoms with van der Waals surface area (Å²) in [6.07, 6.45) is 0.400. The van der Waals surface area contributed by atoms with Crippen molar-refractivity contribution < 1.29 is 26.0 Å². The Bertz CT molecular complexity index is 1070. The monoisotopic (exact) mass is 426 g/mol. The van der Waals surface area contributed by atoms with Crippen molar-refractivity contribution in [3.63, 3.8) is 0 Å². The van der Waals surface area contributed by atoms with E-state index in [2.05, 4.69) is 10.0 Å². The zero-order chi connectivity index (χ0) is 20.4. The highest BCUT2D eigenvalue weighted by Gasteiger charge is 2.29. The van der Waals surface area contributed by atoms with Gasteiger partial charge in [-0.25, -0.2) is 25.9 Å². The lowest BCUT2D eigenvalue weighted by atomic mass is 10.1. The second kappa shape index (κ2) is 7.98. The van der Waals surface area contributed by atoms with Gasteiger partial charge in [0.25, 0.3) is 5.91 Å². The molecule has 3 rings (SSSR count). The molecule has 1 fully saturated rings. The number of benzene rings is 2. The van der Waals surface area contributed by atoms with Gasteiger partial charge in [0.15, 0.2) is 9.84 Å². The van der Waals surface area contributed by atoms with Crippen molar-refractivity contribution in [2.24, 2.45) is 0 Å². The number of sulfone groups is 1. The zero-order valence-electron chi connectivity index (χ0n) is 14.8. The van der Waals surface area contributed by atoms with Crippen LogP contribution in [0.2, 0.25) is 0 Å². The Balaban J connectivity index is 1.58. The van der Waals surface area contributed by atoms with Crippen molar-refractivity contribution in [2.45, 2.75) is 23.9 Å². The molecule has 0 radical (unpaired) electrons. The van der Waals surface area contributed by atoms with Gasteiger partial charge in [0.2, 0.25) is 10.0 Å². The molecule has 1 aliphatic heterocycles. The molecule has 10 heteroatoms. The van der Waals surface area contributed by atoms with Gasteiger partial charge in [-0.15, -0.1) is 0 Å². The van der Waals surface area contributed by atoms with E-state index in [1.807, 2.05) is 0 Å². The Hall–Kier alpha value is -2.30. The van der Waals surface area contributed by atoms with Crippen molar-refractivity contribution in [1.82, 2.24) is 10.0 Å². The van der Waals surface area contributed by atoms with Gasteiger partial charge in [0.1, 0.15) is 5.82 Å². The zero-order valence-corrected chi connectivity index (χ0v) is 16.4. The summed E-state index contributed by atoms with van der Waals surface area (Å²) < 4.78 is 62.6. The third-order valence-electron chi connectivity index (χ3n) is 4.37. The lowest BCUT2D eigenvalue weighted by molar-refractivity contribution is 0.0941. The number of rotatable bonds is 6. The van der Waals surface area contributed by atoms with E-state index in [9.17, 15) is 26.0 Å². The average molecular weight is 426 g/mol. The highest BCUT2D eigenvalue weighted by atomic mass is 32.2. The minimum Gasteiger partial charge on any atom is -0.348 e. The SMILES string of the molecule is O=C(N[C@@H]1CCS(=O)(=O)C1)c1ccc(CNS(=O)(=O)c2ccc(F)cc2)cc1. The van der Waals surface area contributed by atoms with Gasteiger partial charge >= 0.3 is 0 Å². The highest BCUT2D eigenvalue weighted by molar-refractivity contribution is 7.91. The summed E-state index contributed by atoms with van der Waals surface area (Å²) >= 11 is 0. The molecule has 0 spiro atoms. The first-order valence-electron chi connectivity index (χ1n) is 8.50. The maximum Gasteiger partial charge on any atom is 0.251 e. The van der Waals surface area contributed by atoms with Crippen molar-refractivity contribution in [3.05, 3.63) is 65.5 Å². The van der Waals surface area contributed by atoms with Crippen LogP contribution in [0.1, 0.15) is 22.3 Å². The molecular weight excluding hydrogens is 407 g/mol. The van der Waals surface area contributed by atoms with E-state index in [-0.39, 0.29) is 34.9 Å². The van der Waals surface area contributed by atoms with Gasteiger partial charge in [0.05, 0.1) is 16.4 Å². The maximum atomic E-state index is 12.9. The summed E-state index contributed by atoms with van der Waals surface area (Å²) in [6.45, 7) is 0.00246. The molecule has 7 nitrogen and oxygen atoms in total. The van der Waals surface area contributed by atoms with Crippen LogP contribution >= 0.6 is 0 Å². The van der Waals surface area contributed by atoms with Gasteiger partial charge in [0, 0.05) is 18.2 Å². The molecule has 0 aliphatic carbocycles. The Morgan fingerprint density at radius 1 is 1.07 bits per heavy atom. The van der Waals surface area contributed by atoms with Gasteiger partial charge in [-0.05, 0) is 48.4 Å². The maximum absolute atomic E-state index is 12.9. The summed E-state index contributed by atoms with van der Waals surface area (Å²) in [4.78, 5) is 12.2. The van der Waals surface area contributed by atoms with Crippen LogP contribution in [0.15, 0.2) is 53.4 Å². The number of nitrogens with one attached hydrogen (secondary N) is 2. The van der Waals surface area contributed by atoms with Crippen LogP contribution < -0.4 is 10.0 Å². The summed E-state index contributed by atoms with van der Waals surface area (Å²) in [7, 11) is -6.86. The Morgan fingerprint density at radius 2 is 1.71 bits per heavy atom. The van der Waals surface area contributed by atoms with Crippen LogP contribution in [0.3, 0.4) is 0 Å². The standard InChI is InChI=1S/C18H19FN2O5S2/c19-15-5-7-17(8-6-15)28(25,26)20-11-13-1-3-14(4-2-13)18(22)21-16-9-10-27(23,24)12-16/h1-8,16,20H,9-12H2,(H,21,22)/t16-/m1/s1. The molecule has 2 aromatic carbocycles. The van der Waals surface area contributed by atoms with Crippen molar-refractivity contribution in [1.29, 1.82) is 0 Å². The molecule has 0 unspecified atom stereocenters. The van der Waals surface area contributed by atoms with E-state index in [4.69, 9.17) is 0 Å². The van der Waals surface area contributed by atoms with E-state index in [1.165, 1.54) is 12.1 Å². The second-order valence-electron chi connectivity index (χ2n) is 6.55. The third kappa shape index (κ3) is 5.15. The summed E-state index contributed by atoms with van der Waals surface area (Å²) in [6, 6.07) is 10.4. The molecule has 1 amide bonds. The number of carbonyl (C=O) groups is 1. The molecule has 28 heavy (non-hydrogen) atoms. The van der Waals surface area contributed by atoms with Crippen molar-refractivity contribution in [2.75, 3.05) is 11.5 Å². The van der Waals surface area contributed by atoms with Gasteiger partial charge in [-0.1, -0.05) is 12.1 Å². The number of carbonyl (C=O) groups excluding carboxylic acids is 1. The first-order chi connectivity index (χ1) is 13.1. The van der Waals surface area contributed by atoms with Gasteiger partial charge < -0.3 is 5.32 Å². The average Bonchev–Trinajstić information content (AvgIpc) is 2.99. The molecule has 1 heterocycles. The minimum atomic E-state index is -3.78. The molecule has 2 aromatic rings. The van der Waals surface area contributed by atoms with Crippen LogP contribution in [-0.2, 0) is 26.4 Å². The van der Waals surface area contributed by atoms with Gasteiger partial charge in [-0.2, -0.15) is 0 Å². The molecule has 150 valence electrons. The fourth-order valence-electron chi connectivity index (χ4n) is 2.83. The van der Waals surface area contributed by atoms with Crippen LogP contribution in [0, 0.1) is 5.82 Å². The van der Waals surface area contributed by atoms with Crippen LogP contribution in [0.4, 0.5) is 4.39 Å². The molecular formula is C18H19FN2O5S2. The molecule has 2 N–H and O–H groups in total. The Labute approximate surface area is 162 Å². The summed E-state index contributed by atoms with van der Waals surface area (Å²) in [5, 5.41) is 2.69. The number of amides is 1. The van der Waals surface area contributed by atoms with E-state index >= 15 is 0 Å². The molecule has 0 saturated carbocycles. The largest absolute Gasteiger partial charge is 0.348 e. The summed E-state index contributed by atoms with van der Waals surface area (Å²) in [5.41, 5.74) is 0.986. The third-order valence-corrected chi connectivity index (χ3v) is 7.56. The smallest absolute Gasteiger partial charge is 0.251 e. The van der Waals surface area contributed by atoms with Crippen LogP contribution in [0.5, 0.6) is 0 Å². The fraction of sp³-hybridized carbons (Fsp3) is 0.278. The molecule has 1 saturated heterocycles. The minimum absolute atomic E-state index is 0.00246. The van der Waals surface area contributed by atoms with Crippen LogP contribution in [0.25, 0.3) is 0 Å². The van der Waals surface area contributed by atoms with Crippen LogP contribution in [-0.4, -0.2) is 40.3 Å².